The molecule has 1 aromatic rings. The van der Waals surface area contributed by atoms with Crippen molar-refractivity contribution in [3.8, 4) is 0 Å². The molecular weight excluding hydrogens is 194 g/mol. The highest BCUT2D eigenvalue weighted by molar-refractivity contribution is 5.89. The van der Waals surface area contributed by atoms with E-state index in [0.717, 1.165) is 0 Å². The summed E-state index contributed by atoms with van der Waals surface area (Å²) < 4.78 is 0. The summed E-state index contributed by atoms with van der Waals surface area (Å²) in [4.78, 5) is 22.9. The number of hydrogen-bond donors (Lipinski definition) is 2. The van der Waals surface area contributed by atoms with E-state index in [1.165, 1.54) is 4.90 Å². The third-order valence-electron chi connectivity index (χ3n) is 1.75. The van der Waals surface area contributed by atoms with Crippen molar-refractivity contribution in [3.63, 3.8) is 0 Å². The normalized spacial score (nSPS) is 9.20. The summed E-state index contributed by atoms with van der Waals surface area (Å²) in [5.74, 6) is 0. The third-order valence-corrected chi connectivity index (χ3v) is 1.75. The summed E-state index contributed by atoms with van der Waals surface area (Å²) in [6, 6.07) is 6.70. The van der Waals surface area contributed by atoms with Gasteiger partial charge in [-0.25, -0.2) is 4.79 Å². The molecule has 0 spiro atoms. The summed E-state index contributed by atoms with van der Waals surface area (Å²) in [5.41, 5.74) is 1.28. The first kappa shape index (κ1) is 11.0. The van der Waals surface area contributed by atoms with E-state index in [0.29, 0.717) is 17.8 Å². The number of carbonyl (C=O) groups excluding carboxylic acids is 2. The van der Waals surface area contributed by atoms with Crippen molar-refractivity contribution in [1.29, 1.82) is 0 Å². The number of nitrogens with zero attached hydrogens (tertiary/aromatic N) is 1. The lowest BCUT2D eigenvalue weighted by molar-refractivity contribution is -0.105. The number of carbonyl (C=O) groups is 2. The molecule has 0 saturated heterocycles. The Morgan fingerprint density at radius 1 is 1.33 bits per heavy atom. The molecule has 5 heteroatoms. The van der Waals surface area contributed by atoms with Gasteiger partial charge in [0.2, 0.25) is 6.41 Å². The van der Waals surface area contributed by atoms with Crippen molar-refractivity contribution in [2.24, 2.45) is 0 Å². The van der Waals surface area contributed by atoms with Crippen molar-refractivity contribution in [2.45, 2.75) is 0 Å². The van der Waals surface area contributed by atoms with E-state index in [1.807, 2.05) is 0 Å². The number of benzene rings is 1. The lowest BCUT2D eigenvalue weighted by Crippen LogP contribution is -2.27. The number of hydrogen-bond acceptors (Lipinski definition) is 2. The summed E-state index contributed by atoms with van der Waals surface area (Å²) >= 11 is 0. The molecule has 1 aromatic carbocycles. The topological polar surface area (TPSA) is 61.4 Å². The van der Waals surface area contributed by atoms with Crippen LogP contribution < -0.4 is 10.6 Å². The highest BCUT2D eigenvalue weighted by Crippen LogP contribution is 2.14. The molecule has 0 radical (unpaired) electrons. The Bertz CT molecular complexity index is 363. The second kappa shape index (κ2) is 4.99. The largest absolute Gasteiger partial charge is 0.331 e. The van der Waals surface area contributed by atoms with Crippen LogP contribution in [0.4, 0.5) is 16.2 Å². The van der Waals surface area contributed by atoms with Crippen LogP contribution in [0.15, 0.2) is 24.3 Å². The first-order valence-electron chi connectivity index (χ1n) is 4.42. The van der Waals surface area contributed by atoms with Crippen molar-refractivity contribution in [3.05, 3.63) is 24.3 Å². The van der Waals surface area contributed by atoms with Gasteiger partial charge in [-0.3, -0.25) is 4.79 Å². The molecule has 0 atom stereocenters. The molecular formula is C10H13N3O2. The predicted octanol–water partition coefficient (Wildman–Crippen LogP) is 1.35. The Labute approximate surface area is 88.1 Å². The maximum Gasteiger partial charge on any atom is 0.321 e. The average molecular weight is 207 g/mol. The number of urea groups is 1. The van der Waals surface area contributed by atoms with E-state index in [9.17, 15) is 9.59 Å². The van der Waals surface area contributed by atoms with E-state index in [4.69, 9.17) is 0 Å². The van der Waals surface area contributed by atoms with Gasteiger partial charge in [-0.05, 0) is 18.2 Å². The molecule has 80 valence electrons. The lowest BCUT2D eigenvalue weighted by Gasteiger charge is -2.12. The number of anilines is 2. The van der Waals surface area contributed by atoms with Crippen LogP contribution in [0.25, 0.3) is 0 Å². The van der Waals surface area contributed by atoms with Crippen LogP contribution in [0.2, 0.25) is 0 Å². The van der Waals surface area contributed by atoms with E-state index in [-0.39, 0.29) is 6.03 Å². The second-order valence-corrected chi connectivity index (χ2v) is 3.17. The number of nitrogens with one attached hydrogen (secondary N) is 2. The fraction of sp³-hybridized carbons (Fsp3) is 0.200. The number of rotatable bonds is 3. The molecule has 0 aliphatic heterocycles. The number of amides is 3. The zero-order valence-electron chi connectivity index (χ0n) is 8.65. The average Bonchev–Trinajstić information content (AvgIpc) is 2.18. The van der Waals surface area contributed by atoms with Crippen LogP contribution in [0.5, 0.6) is 0 Å². The third kappa shape index (κ3) is 3.30. The molecule has 0 unspecified atom stereocenters. The molecule has 0 saturated carbocycles. The van der Waals surface area contributed by atoms with Gasteiger partial charge >= 0.3 is 6.03 Å². The summed E-state index contributed by atoms with van der Waals surface area (Å²) in [6.07, 6.45) is 0.590. The fourth-order valence-electron chi connectivity index (χ4n) is 0.990. The maximum absolute atomic E-state index is 11.3. The van der Waals surface area contributed by atoms with Crippen molar-refractivity contribution in [1.82, 2.24) is 4.90 Å². The molecule has 3 amide bonds. The van der Waals surface area contributed by atoms with Gasteiger partial charge < -0.3 is 15.5 Å². The van der Waals surface area contributed by atoms with Gasteiger partial charge in [0.05, 0.1) is 0 Å². The Morgan fingerprint density at radius 3 is 2.60 bits per heavy atom. The van der Waals surface area contributed by atoms with Gasteiger partial charge in [0.1, 0.15) is 0 Å². The first-order valence-corrected chi connectivity index (χ1v) is 4.42. The van der Waals surface area contributed by atoms with Gasteiger partial charge in [-0.15, -0.1) is 0 Å². The van der Waals surface area contributed by atoms with Crippen LogP contribution in [0.1, 0.15) is 0 Å². The Balaban J connectivity index is 2.73. The van der Waals surface area contributed by atoms with Crippen LogP contribution in [0.3, 0.4) is 0 Å². The molecule has 15 heavy (non-hydrogen) atoms. The SMILES string of the molecule is CN(C)C(=O)Nc1cccc(NC=O)c1. The molecule has 2 N–H and O–H groups in total. The summed E-state index contributed by atoms with van der Waals surface area (Å²) in [7, 11) is 3.31. The quantitative estimate of drug-likeness (QED) is 0.735. The van der Waals surface area contributed by atoms with Crippen molar-refractivity contribution < 1.29 is 9.59 Å². The van der Waals surface area contributed by atoms with Gasteiger partial charge in [-0.2, -0.15) is 0 Å². The molecule has 0 heterocycles. The summed E-state index contributed by atoms with van der Waals surface area (Å²) in [6.45, 7) is 0. The minimum Gasteiger partial charge on any atom is -0.331 e. The van der Waals surface area contributed by atoms with Gasteiger partial charge in [0.25, 0.3) is 0 Å². The summed E-state index contributed by atoms with van der Waals surface area (Å²) in [5, 5.41) is 5.18. The van der Waals surface area contributed by atoms with Crippen LogP contribution in [0, 0.1) is 0 Å². The molecule has 5 nitrogen and oxygen atoms in total. The maximum atomic E-state index is 11.3. The van der Waals surface area contributed by atoms with Crippen molar-refractivity contribution in [2.75, 3.05) is 24.7 Å². The second-order valence-electron chi connectivity index (χ2n) is 3.17. The van der Waals surface area contributed by atoms with Gasteiger partial charge in [0.15, 0.2) is 0 Å². The lowest BCUT2D eigenvalue weighted by atomic mass is 10.3. The smallest absolute Gasteiger partial charge is 0.321 e. The molecule has 0 bridgehead atoms. The minimum absolute atomic E-state index is 0.210. The Kier molecular flexibility index (Phi) is 3.68. The van der Waals surface area contributed by atoms with Gasteiger partial charge in [-0.1, -0.05) is 6.07 Å². The molecule has 1 rings (SSSR count). The van der Waals surface area contributed by atoms with E-state index in [2.05, 4.69) is 10.6 Å². The minimum atomic E-state index is -0.210. The molecule has 0 aromatic heterocycles. The monoisotopic (exact) mass is 207 g/mol. The standard InChI is InChI=1S/C10H13N3O2/c1-13(2)10(15)12-9-5-3-4-8(6-9)11-7-14/h3-7H,1-2H3,(H,11,14)(H,12,15). The first-order chi connectivity index (χ1) is 7.13. The zero-order chi connectivity index (χ0) is 11.3. The van der Waals surface area contributed by atoms with Crippen LogP contribution in [-0.2, 0) is 4.79 Å². The van der Waals surface area contributed by atoms with Crippen LogP contribution in [-0.4, -0.2) is 31.4 Å². The zero-order valence-corrected chi connectivity index (χ0v) is 8.65. The molecule has 0 aliphatic carbocycles. The van der Waals surface area contributed by atoms with Crippen molar-refractivity contribution >= 4 is 23.8 Å². The van der Waals surface area contributed by atoms with E-state index in [1.54, 1.807) is 38.4 Å². The predicted molar refractivity (Wildman–Crippen MR) is 58.8 cm³/mol. The van der Waals surface area contributed by atoms with Gasteiger partial charge in [0, 0.05) is 25.5 Å². The Hall–Kier alpha value is -2.04. The van der Waals surface area contributed by atoms with Crippen LogP contribution >= 0.6 is 0 Å². The highest BCUT2D eigenvalue weighted by atomic mass is 16.2. The fourth-order valence-corrected chi connectivity index (χ4v) is 0.990. The molecule has 0 aliphatic rings. The van der Waals surface area contributed by atoms with E-state index < -0.39 is 0 Å². The highest BCUT2D eigenvalue weighted by Gasteiger charge is 2.03. The molecule has 0 fully saturated rings. The Morgan fingerprint density at radius 2 is 2.00 bits per heavy atom. The van der Waals surface area contributed by atoms with E-state index >= 15 is 0 Å².